The van der Waals surface area contributed by atoms with Crippen LogP contribution in [0, 0.1) is 5.92 Å². The summed E-state index contributed by atoms with van der Waals surface area (Å²) in [5, 5.41) is 3.06. The van der Waals surface area contributed by atoms with Crippen LogP contribution >= 0.6 is 0 Å². The van der Waals surface area contributed by atoms with E-state index in [9.17, 15) is 9.59 Å². The number of hydrogen-bond acceptors (Lipinski definition) is 4. The summed E-state index contributed by atoms with van der Waals surface area (Å²) < 4.78 is 0. The van der Waals surface area contributed by atoms with Crippen molar-refractivity contribution >= 4 is 17.5 Å². The van der Waals surface area contributed by atoms with Gasteiger partial charge in [-0.15, -0.1) is 0 Å². The van der Waals surface area contributed by atoms with Crippen molar-refractivity contribution in [2.45, 2.75) is 77.2 Å². The number of rotatable bonds is 8. The molecular formula is C32H42N4O2. The Hall–Kier alpha value is -2.99. The number of pyridine rings is 1. The highest BCUT2D eigenvalue weighted by molar-refractivity contribution is 6.09. The highest BCUT2D eigenvalue weighted by atomic mass is 16.2. The summed E-state index contributed by atoms with van der Waals surface area (Å²) in [6.45, 7) is 6.30. The average molecular weight is 515 g/mol. The Bertz CT molecular complexity index is 1130. The lowest BCUT2D eigenvalue weighted by Crippen LogP contribution is -2.39. The minimum Gasteiger partial charge on any atom is -0.351 e. The van der Waals surface area contributed by atoms with Gasteiger partial charge in [-0.3, -0.25) is 14.6 Å². The molecule has 38 heavy (non-hydrogen) atoms. The van der Waals surface area contributed by atoms with Crippen LogP contribution in [0.5, 0.6) is 0 Å². The highest BCUT2D eigenvalue weighted by Crippen LogP contribution is 2.44. The molecule has 202 valence electrons. The van der Waals surface area contributed by atoms with Gasteiger partial charge in [0.15, 0.2) is 0 Å². The number of likely N-dealkylation sites (tertiary alicyclic amines) is 1. The summed E-state index contributed by atoms with van der Waals surface area (Å²) in [6.07, 6.45) is 17.1. The summed E-state index contributed by atoms with van der Waals surface area (Å²) >= 11 is 0. The lowest BCUT2D eigenvalue weighted by Gasteiger charge is -2.37. The van der Waals surface area contributed by atoms with Crippen molar-refractivity contribution in [1.82, 2.24) is 15.2 Å². The molecule has 1 aliphatic carbocycles. The lowest BCUT2D eigenvalue weighted by atomic mass is 9.75. The Morgan fingerprint density at radius 3 is 2.50 bits per heavy atom. The molecule has 2 amide bonds. The van der Waals surface area contributed by atoms with Gasteiger partial charge in [0, 0.05) is 48.1 Å². The van der Waals surface area contributed by atoms with Gasteiger partial charge in [0.1, 0.15) is 0 Å². The van der Waals surface area contributed by atoms with E-state index in [1.54, 1.807) is 6.20 Å². The van der Waals surface area contributed by atoms with E-state index in [-0.39, 0.29) is 17.7 Å². The highest BCUT2D eigenvalue weighted by Gasteiger charge is 2.36. The molecule has 6 nitrogen and oxygen atoms in total. The fourth-order valence-electron chi connectivity index (χ4n) is 6.54. The maximum absolute atomic E-state index is 13.8. The van der Waals surface area contributed by atoms with E-state index in [0.29, 0.717) is 24.6 Å². The van der Waals surface area contributed by atoms with E-state index in [1.807, 2.05) is 54.4 Å². The number of nitrogens with one attached hydrogen (secondary N) is 1. The van der Waals surface area contributed by atoms with E-state index < -0.39 is 0 Å². The van der Waals surface area contributed by atoms with Gasteiger partial charge in [0.2, 0.25) is 0 Å². The number of hydrogen-bond donors (Lipinski definition) is 1. The van der Waals surface area contributed by atoms with E-state index in [1.165, 1.54) is 51.4 Å². The van der Waals surface area contributed by atoms with Crippen molar-refractivity contribution in [3.05, 3.63) is 71.1 Å². The van der Waals surface area contributed by atoms with Crippen molar-refractivity contribution < 1.29 is 9.59 Å². The summed E-state index contributed by atoms with van der Waals surface area (Å²) in [7, 11) is 0. The predicted molar refractivity (Wildman–Crippen MR) is 152 cm³/mol. The fraction of sp³-hybridized carbons (Fsp3) is 0.531. The number of carbonyl (C=O) groups is 2. The quantitative estimate of drug-likeness (QED) is 0.449. The molecule has 1 aromatic carbocycles. The fourth-order valence-corrected chi connectivity index (χ4v) is 6.54. The van der Waals surface area contributed by atoms with E-state index in [4.69, 9.17) is 0 Å². The Kier molecular flexibility index (Phi) is 8.90. The largest absolute Gasteiger partial charge is 0.351 e. The first kappa shape index (κ1) is 26.6. The molecule has 6 heteroatoms. The maximum Gasteiger partial charge on any atom is 0.254 e. The third kappa shape index (κ3) is 6.17. The summed E-state index contributed by atoms with van der Waals surface area (Å²) in [4.78, 5) is 35.2. The monoisotopic (exact) mass is 514 g/mol. The standard InChI is InChI=1S/C32H42N4O2/c1-2-27-28(21-24-9-5-3-6-10-24)29-22-33-16-15-30(29)36(32(27)38)23-25-11-13-26(14-12-25)31(37)34-17-20-35-18-7-4-8-19-35/h2,11-16,22,24,28H,3-10,17-21,23H2,1H3,(H,34,37)/b27-2+. The molecule has 1 unspecified atom stereocenters. The molecule has 2 aliphatic heterocycles. The van der Waals surface area contributed by atoms with Crippen molar-refractivity contribution in [2.24, 2.45) is 5.92 Å². The van der Waals surface area contributed by atoms with Crippen LogP contribution < -0.4 is 10.2 Å². The molecule has 0 bridgehead atoms. The van der Waals surface area contributed by atoms with E-state index in [0.717, 1.165) is 48.4 Å². The normalized spacial score (nSPS) is 21.9. The van der Waals surface area contributed by atoms with Gasteiger partial charge in [-0.2, -0.15) is 0 Å². The molecule has 3 aliphatic rings. The second-order valence-electron chi connectivity index (χ2n) is 11.2. The second-order valence-corrected chi connectivity index (χ2v) is 11.2. The predicted octanol–water partition coefficient (Wildman–Crippen LogP) is 5.84. The van der Waals surface area contributed by atoms with Gasteiger partial charge in [-0.1, -0.05) is 56.7 Å². The molecule has 5 rings (SSSR count). The Morgan fingerprint density at radius 2 is 1.76 bits per heavy atom. The first-order chi connectivity index (χ1) is 18.6. The smallest absolute Gasteiger partial charge is 0.254 e. The third-order valence-corrected chi connectivity index (χ3v) is 8.69. The van der Waals surface area contributed by atoms with Crippen molar-refractivity contribution in [2.75, 3.05) is 31.1 Å². The van der Waals surface area contributed by atoms with Crippen LogP contribution in [0.15, 0.2) is 54.4 Å². The van der Waals surface area contributed by atoms with Crippen LogP contribution in [0.2, 0.25) is 0 Å². The van der Waals surface area contributed by atoms with Gasteiger partial charge in [0.05, 0.1) is 12.2 Å². The lowest BCUT2D eigenvalue weighted by molar-refractivity contribution is -0.115. The van der Waals surface area contributed by atoms with Gasteiger partial charge < -0.3 is 15.1 Å². The van der Waals surface area contributed by atoms with Crippen molar-refractivity contribution in [3.63, 3.8) is 0 Å². The first-order valence-electron chi connectivity index (χ1n) is 14.7. The van der Waals surface area contributed by atoms with Crippen LogP contribution in [-0.4, -0.2) is 47.9 Å². The second kappa shape index (κ2) is 12.7. The van der Waals surface area contributed by atoms with Crippen molar-refractivity contribution in [3.8, 4) is 0 Å². The summed E-state index contributed by atoms with van der Waals surface area (Å²) in [5.41, 5.74) is 4.68. The number of anilines is 1. The van der Waals surface area contributed by atoms with Gasteiger partial charge >= 0.3 is 0 Å². The Balaban J connectivity index is 1.25. The number of piperidine rings is 1. The molecule has 2 fully saturated rings. The molecule has 1 N–H and O–H groups in total. The molecule has 1 saturated carbocycles. The van der Waals surface area contributed by atoms with Crippen LogP contribution in [0.4, 0.5) is 5.69 Å². The topological polar surface area (TPSA) is 65.5 Å². The molecule has 1 aromatic heterocycles. The molecule has 0 radical (unpaired) electrons. The minimum absolute atomic E-state index is 0.0409. The summed E-state index contributed by atoms with van der Waals surface area (Å²) in [6, 6.07) is 9.66. The van der Waals surface area contributed by atoms with E-state index >= 15 is 0 Å². The number of carbonyl (C=O) groups excluding carboxylic acids is 2. The number of nitrogens with zero attached hydrogens (tertiary/aromatic N) is 3. The van der Waals surface area contributed by atoms with Crippen LogP contribution in [-0.2, 0) is 11.3 Å². The van der Waals surface area contributed by atoms with Crippen molar-refractivity contribution in [1.29, 1.82) is 0 Å². The zero-order valence-electron chi connectivity index (χ0n) is 22.8. The number of fused-ring (bicyclic) bond motifs is 1. The Labute approximate surface area is 227 Å². The Morgan fingerprint density at radius 1 is 1.03 bits per heavy atom. The van der Waals surface area contributed by atoms with Crippen LogP contribution in [0.3, 0.4) is 0 Å². The number of benzene rings is 1. The SMILES string of the molecule is C/C=C1/C(=O)N(Cc2ccc(C(=O)NCCN3CCCCC3)cc2)c2ccncc2C1CC1CCCCC1. The maximum atomic E-state index is 13.8. The number of allylic oxidation sites excluding steroid dienone is 1. The summed E-state index contributed by atoms with van der Waals surface area (Å²) in [5.74, 6) is 0.841. The molecule has 1 atom stereocenters. The van der Waals surface area contributed by atoms with Gasteiger partial charge in [0.25, 0.3) is 11.8 Å². The number of amides is 2. The minimum atomic E-state index is -0.0409. The molecule has 1 saturated heterocycles. The van der Waals surface area contributed by atoms with E-state index in [2.05, 4.69) is 15.2 Å². The molecule has 3 heterocycles. The third-order valence-electron chi connectivity index (χ3n) is 8.69. The first-order valence-corrected chi connectivity index (χ1v) is 14.7. The average Bonchev–Trinajstić information content (AvgIpc) is 2.96. The molecule has 0 spiro atoms. The van der Waals surface area contributed by atoms with Gasteiger partial charge in [-0.25, -0.2) is 0 Å². The molecule has 2 aromatic rings. The van der Waals surface area contributed by atoms with Crippen LogP contribution in [0.25, 0.3) is 0 Å². The number of aromatic nitrogens is 1. The van der Waals surface area contributed by atoms with Gasteiger partial charge in [-0.05, 0) is 69.0 Å². The molecular weight excluding hydrogens is 472 g/mol. The zero-order valence-corrected chi connectivity index (χ0v) is 22.8. The zero-order chi connectivity index (χ0) is 26.3. The van der Waals surface area contributed by atoms with Crippen LogP contribution in [0.1, 0.15) is 92.1 Å².